The summed E-state index contributed by atoms with van der Waals surface area (Å²) < 4.78 is 15.4. The predicted molar refractivity (Wildman–Crippen MR) is 49.9 cm³/mol. The molecule has 0 saturated carbocycles. The quantitative estimate of drug-likeness (QED) is 0.321. The second kappa shape index (κ2) is 6.10. The van der Waals surface area contributed by atoms with Crippen molar-refractivity contribution in [2.24, 2.45) is 11.0 Å². The van der Waals surface area contributed by atoms with E-state index >= 15 is 0 Å². The lowest BCUT2D eigenvalue weighted by atomic mass is 10.3. The number of ether oxygens (including phenoxy) is 1. The Hall–Kier alpha value is -0.420. The molecule has 0 amide bonds. The zero-order chi connectivity index (χ0) is 10.3. The number of carbonyl (C=O) groups is 1. The van der Waals surface area contributed by atoms with Gasteiger partial charge in [0.15, 0.2) is 0 Å². The van der Waals surface area contributed by atoms with Crippen molar-refractivity contribution < 1.29 is 14.1 Å². The normalized spacial score (nSPS) is 11.3. The predicted octanol–water partition coefficient (Wildman–Crippen LogP) is -0.0552. The van der Waals surface area contributed by atoms with Gasteiger partial charge in [0, 0.05) is 13.0 Å². The van der Waals surface area contributed by atoms with Crippen LogP contribution >= 0.6 is 7.59 Å². The number of nitrogens with one attached hydrogen (secondary N) is 1. The first-order valence-corrected chi connectivity index (χ1v) is 5.88. The number of carbonyl (C=O) groups excluding carboxylic acids is 1. The first-order valence-electron chi connectivity index (χ1n) is 4.03. The molecule has 7 heteroatoms. The number of nitrogens with two attached hydrogens (primary N) is 2. The highest BCUT2D eigenvalue weighted by atomic mass is 31.2. The molecule has 0 spiro atoms. The van der Waals surface area contributed by atoms with E-state index in [4.69, 9.17) is 11.0 Å². The summed E-state index contributed by atoms with van der Waals surface area (Å²) in [5, 5.41) is 2.42. The molecule has 0 aliphatic rings. The van der Waals surface area contributed by atoms with E-state index in [0.29, 0.717) is 19.6 Å². The lowest BCUT2D eigenvalue weighted by molar-refractivity contribution is -0.143. The fourth-order valence-electron chi connectivity index (χ4n) is 0.720. The third-order valence-corrected chi connectivity index (χ3v) is 1.94. The Morgan fingerprint density at radius 3 is 2.62 bits per heavy atom. The molecule has 0 bridgehead atoms. The standard InChI is InChI=1S/C6H16N3O3P/c1-2-12-6(10)4-3-5-9-13(7,8)11/h2-5H2,1H3,(H5,7,8,9,11). The molecule has 0 fully saturated rings. The molecular formula is C6H16N3O3P. The van der Waals surface area contributed by atoms with Crippen LogP contribution in [0.5, 0.6) is 0 Å². The summed E-state index contributed by atoms with van der Waals surface area (Å²) in [6, 6.07) is 0. The smallest absolute Gasteiger partial charge is 0.305 e. The van der Waals surface area contributed by atoms with Crippen molar-refractivity contribution in [2.45, 2.75) is 19.8 Å². The van der Waals surface area contributed by atoms with E-state index in [1.165, 1.54) is 0 Å². The van der Waals surface area contributed by atoms with Gasteiger partial charge in [-0.25, -0.2) is 5.09 Å². The van der Waals surface area contributed by atoms with Gasteiger partial charge in [0.1, 0.15) is 0 Å². The summed E-state index contributed by atoms with van der Waals surface area (Å²) in [4.78, 5) is 10.8. The first-order chi connectivity index (χ1) is 5.95. The van der Waals surface area contributed by atoms with Crippen molar-refractivity contribution in [1.82, 2.24) is 5.09 Å². The van der Waals surface area contributed by atoms with Crippen molar-refractivity contribution in [3.63, 3.8) is 0 Å². The minimum Gasteiger partial charge on any atom is -0.466 e. The van der Waals surface area contributed by atoms with E-state index < -0.39 is 7.59 Å². The van der Waals surface area contributed by atoms with Gasteiger partial charge in [-0.3, -0.25) is 20.4 Å². The molecule has 0 saturated heterocycles. The average Bonchev–Trinajstić information content (AvgIpc) is 1.97. The molecule has 0 heterocycles. The van der Waals surface area contributed by atoms with Gasteiger partial charge in [0.2, 0.25) is 0 Å². The van der Waals surface area contributed by atoms with Gasteiger partial charge < -0.3 is 4.74 Å². The second-order valence-electron chi connectivity index (χ2n) is 2.53. The fourth-order valence-corrected chi connectivity index (χ4v) is 1.23. The van der Waals surface area contributed by atoms with Gasteiger partial charge >= 0.3 is 5.97 Å². The molecule has 0 aliphatic heterocycles. The summed E-state index contributed by atoms with van der Waals surface area (Å²) in [6.45, 7) is 2.46. The topological polar surface area (TPSA) is 107 Å². The maximum absolute atomic E-state index is 10.8. The Balaban J connectivity index is 3.36. The Labute approximate surface area is 77.5 Å². The minimum atomic E-state index is -3.14. The van der Waals surface area contributed by atoms with Crippen LogP contribution in [0.1, 0.15) is 19.8 Å². The van der Waals surface area contributed by atoms with E-state index in [1.54, 1.807) is 6.92 Å². The van der Waals surface area contributed by atoms with Crippen molar-refractivity contribution in [1.29, 1.82) is 0 Å². The van der Waals surface area contributed by atoms with Gasteiger partial charge in [-0.1, -0.05) is 0 Å². The molecule has 6 nitrogen and oxygen atoms in total. The summed E-state index contributed by atoms with van der Waals surface area (Å²) in [7, 11) is -3.14. The highest BCUT2D eigenvalue weighted by molar-refractivity contribution is 7.56. The van der Waals surface area contributed by atoms with E-state index in [9.17, 15) is 9.36 Å². The fraction of sp³-hybridized carbons (Fsp3) is 0.833. The second-order valence-corrected chi connectivity index (χ2v) is 4.26. The summed E-state index contributed by atoms with van der Waals surface area (Å²) >= 11 is 0. The molecule has 0 aromatic carbocycles. The van der Waals surface area contributed by atoms with Crippen molar-refractivity contribution in [3.8, 4) is 0 Å². The van der Waals surface area contributed by atoms with Gasteiger partial charge in [-0.05, 0) is 13.3 Å². The van der Waals surface area contributed by atoms with Crippen LogP contribution in [0.3, 0.4) is 0 Å². The van der Waals surface area contributed by atoms with Crippen LogP contribution in [-0.2, 0) is 14.1 Å². The SMILES string of the molecule is CCOC(=O)CCCNP(N)(N)=O. The summed E-state index contributed by atoms with van der Waals surface area (Å²) in [5.41, 5.74) is 10.0. The number of rotatable bonds is 6. The molecule has 0 aromatic heterocycles. The Bertz CT molecular complexity index is 203. The van der Waals surface area contributed by atoms with E-state index in [2.05, 4.69) is 9.82 Å². The van der Waals surface area contributed by atoms with E-state index in [0.717, 1.165) is 0 Å². The molecule has 0 rings (SSSR count). The molecule has 0 radical (unpaired) electrons. The van der Waals surface area contributed by atoms with E-state index in [-0.39, 0.29) is 12.4 Å². The highest BCUT2D eigenvalue weighted by Gasteiger charge is 2.06. The Kier molecular flexibility index (Phi) is 5.90. The molecule has 78 valence electrons. The number of hydrogen-bond donors (Lipinski definition) is 3. The van der Waals surface area contributed by atoms with Gasteiger partial charge in [0.25, 0.3) is 7.59 Å². The third kappa shape index (κ3) is 9.49. The number of hydrogen-bond acceptors (Lipinski definition) is 3. The van der Waals surface area contributed by atoms with Crippen LogP contribution in [-0.4, -0.2) is 19.1 Å². The van der Waals surface area contributed by atoms with Crippen molar-refractivity contribution >= 4 is 13.6 Å². The minimum absolute atomic E-state index is 0.270. The monoisotopic (exact) mass is 209 g/mol. The summed E-state index contributed by atoms with van der Waals surface area (Å²) in [6.07, 6.45) is 0.790. The molecule has 5 N–H and O–H groups in total. The van der Waals surface area contributed by atoms with E-state index in [1.807, 2.05) is 0 Å². The maximum Gasteiger partial charge on any atom is 0.305 e. The molecule has 0 atom stereocenters. The zero-order valence-corrected chi connectivity index (χ0v) is 8.55. The van der Waals surface area contributed by atoms with Gasteiger partial charge in [-0.2, -0.15) is 0 Å². The number of esters is 1. The zero-order valence-electron chi connectivity index (χ0n) is 7.66. The molecular weight excluding hydrogens is 193 g/mol. The third-order valence-electron chi connectivity index (χ3n) is 1.22. The molecule has 13 heavy (non-hydrogen) atoms. The Morgan fingerprint density at radius 1 is 1.54 bits per heavy atom. The lowest BCUT2D eigenvalue weighted by Crippen LogP contribution is -2.23. The van der Waals surface area contributed by atoms with Crippen LogP contribution in [0.15, 0.2) is 0 Å². The van der Waals surface area contributed by atoms with Crippen LogP contribution in [0, 0.1) is 0 Å². The summed E-state index contributed by atoms with van der Waals surface area (Å²) in [5.74, 6) is -0.270. The molecule has 0 aliphatic carbocycles. The van der Waals surface area contributed by atoms with Gasteiger partial charge in [0.05, 0.1) is 6.61 Å². The maximum atomic E-state index is 10.8. The average molecular weight is 209 g/mol. The van der Waals surface area contributed by atoms with Crippen LogP contribution < -0.4 is 16.1 Å². The van der Waals surface area contributed by atoms with Crippen LogP contribution in [0.4, 0.5) is 0 Å². The molecule has 0 unspecified atom stereocenters. The van der Waals surface area contributed by atoms with Crippen molar-refractivity contribution in [2.75, 3.05) is 13.2 Å². The molecule has 0 aromatic rings. The van der Waals surface area contributed by atoms with Crippen molar-refractivity contribution in [3.05, 3.63) is 0 Å². The van der Waals surface area contributed by atoms with Gasteiger partial charge in [-0.15, -0.1) is 0 Å². The van der Waals surface area contributed by atoms with Crippen LogP contribution in [0.2, 0.25) is 0 Å². The van der Waals surface area contributed by atoms with Crippen LogP contribution in [0.25, 0.3) is 0 Å². The first kappa shape index (κ1) is 12.6. The lowest BCUT2D eigenvalue weighted by Gasteiger charge is -2.07. The highest BCUT2D eigenvalue weighted by Crippen LogP contribution is 2.16. The largest absolute Gasteiger partial charge is 0.466 e. The Morgan fingerprint density at radius 2 is 2.15 bits per heavy atom.